The molecule has 150 valence electrons. The molecule has 5 nitrogen and oxygen atoms in total. The highest BCUT2D eigenvalue weighted by atomic mass is 19.1. The van der Waals surface area contributed by atoms with Crippen molar-refractivity contribution < 1.29 is 9.18 Å². The first-order valence-corrected chi connectivity index (χ1v) is 10.2. The second-order valence-electron chi connectivity index (χ2n) is 8.27. The number of H-pyrrole nitrogens is 1. The van der Waals surface area contributed by atoms with Crippen LogP contribution in [0.4, 0.5) is 15.8 Å². The van der Waals surface area contributed by atoms with Crippen LogP contribution in [-0.2, 0) is 10.2 Å². The number of nitrogens with one attached hydrogen (secondary N) is 2. The van der Waals surface area contributed by atoms with Gasteiger partial charge in [0.25, 0.3) is 0 Å². The number of benzene rings is 2. The lowest BCUT2D eigenvalue weighted by Gasteiger charge is -2.34. The molecule has 2 aliphatic rings. The van der Waals surface area contributed by atoms with Gasteiger partial charge in [-0.15, -0.1) is 0 Å². The molecule has 3 aromatic rings. The number of halogens is 1. The molecule has 2 aromatic carbocycles. The lowest BCUT2D eigenvalue weighted by Crippen LogP contribution is -2.44. The first-order chi connectivity index (χ1) is 14.0. The van der Waals surface area contributed by atoms with Gasteiger partial charge in [-0.25, -0.2) is 4.39 Å². The van der Waals surface area contributed by atoms with E-state index in [1.807, 2.05) is 18.3 Å². The van der Waals surface area contributed by atoms with Crippen molar-refractivity contribution in [3.63, 3.8) is 0 Å². The van der Waals surface area contributed by atoms with Gasteiger partial charge in [-0.3, -0.25) is 4.79 Å². The average molecular weight is 392 g/mol. The predicted molar refractivity (Wildman–Crippen MR) is 114 cm³/mol. The van der Waals surface area contributed by atoms with Crippen molar-refractivity contribution in [3.8, 4) is 0 Å². The Morgan fingerprint density at radius 3 is 2.48 bits per heavy atom. The quantitative estimate of drug-likeness (QED) is 0.711. The Labute approximate surface area is 169 Å². The van der Waals surface area contributed by atoms with Gasteiger partial charge in [0.2, 0.25) is 5.91 Å². The van der Waals surface area contributed by atoms with Gasteiger partial charge < -0.3 is 20.1 Å². The summed E-state index contributed by atoms with van der Waals surface area (Å²) in [5.41, 5.74) is 3.17. The number of likely N-dealkylation sites (N-methyl/N-ethyl adjacent to an activating group) is 1. The third-order valence-electron chi connectivity index (χ3n) is 6.34. The molecule has 1 amide bonds. The van der Waals surface area contributed by atoms with Crippen LogP contribution < -0.4 is 10.2 Å². The van der Waals surface area contributed by atoms with E-state index >= 15 is 0 Å². The predicted octanol–water partition coefficient (Wildman–Crippen LogP) is 3.73. The van der Waals surface area contributed by atoms with Crippen molar-refractivity contribution in [2.24, 2.45) is 0 Å². The van der Waals surface area contributed by atoms with E-state index in [0.717, 1.165) is 61.2 Å². The fourth-order valence-corrected chi connectivity index (χ4v) is 4.31. The zero-order valence-electron chi connectivity index (χ0n) is 16.5. The number of hydrogen-bond acceptors (Lipinski definition) is 3. The largest absolute Gasteiger partial charge is 0.369 e. The molecule has 0 spiro atoms. The number of aromatic nitrogens is 1. The minimum atomic E-state index is -0.522. The van der Waals surface area contributed by atoms with Crippen molar-refractivity contribution in [3.05, 3.63) is 60.0 Å². The van der Waals surface area contributed by atoms with Gasteiger partial charge in [0.15, 0.2) is 0 Å². The Hall–Kier alpha value is -2.86. The third kappa shape index (κ3) is 3.27. The van der Waals surface area contributed by atoms with E-state index in [-0.39, 0.29) is 11.7 Å². The Bertz CT molecular complexity index is 1050. The number of piperazine rings is 1. The number of aromatic amines is 1. The van der Waals surface area contributed by atoms with Crippen molar-refractivity contribution in [1.29, 1.82) is 0 Å². The van der Waals surface area contributed by atoms with Crippen molar-refractivity contribution in [2.75, 3.05) is 43.4 Å². The van der Waals surface area contributed by atoms with E-state index in [4.69, 9.17) is 0 Å². The monoisotopic (exact) mass is 392 g/mol. The van der Waals surface area contributed by atoms with Crippen LogP contribution in [0.3, 0.4) is 0 Å². The van der Waals surface area contributed by atoms with Crippen LogP contribution in [0.15, 0.2) is 48.7 Å². The zero-order valence-corrected chi connectivity index (χ0v) is 16.5. The van der Waals surface area contributed by atoms with Gasteiger partial charge in [0.1, 0.15) is 5.82 Å². The Morgan fingerprint density at radius 1 is 1.07 bits per heavy atom. The van der Waals surface area contributed by atoms with E-state index in [1.165, 1.54) is 17.8 Å². The Balaban J connectivity index is 1.32. The van der Waals surface area contributed by atoms with Crippen molar-refractivity contribution >= 4 is 28.2 Å². The molecular formula is C23H25FN4O. The average Bonchev–Trinajstić information content (AvgIpc) is 3.43. The lowest BCUT2D eigenvalue weighted by molar-refractivity contribution is -0.118. The van der Waals surface area contributed by atoms with Crippen LogP contribution in [0.25, 0.3) is 10.9 Å². The number of nitrogens with zero attached hydrogens (tertiary/aromatic N) is 2. The molecule has 1 aliphatic carbocycles. The third-order valence-corrected chi connectivity index (χ3v) is 6.34. The Kier molecular flexibility index (Phi) is 4.32. The highest BCUT2D eigenvalue weighted by Crippen LogP contribution is 2.51. The summed E-state index contributed by atoms with van der Waals surface area (Å²) in [6.07, 6.45) is 3.47. The molecule has 5 rings (SSSR count). The maximum absolute atomic E-state index is 13.5. The molecule has 1 aliphatic heterocycles. The zero-order chi connectivity index (χ0) is 20.0. The lowest BCUT2D eigenvalue weighted by atomic mass is 9.94. The summed E-state index contributed by atoms with van der Waals surface area (Å²) in [5, 5.41) is 4.01. The highest BCUT2D eigenvalue weighted by Gasteiger charge is 2.52. The number of amides is 1. The number of carbonyl (C=O) groups excluding carboxylic acids is 1. The molecule has 2 N–H and O–H groups in total. The summed E-state index contributed by atoms with van der Waals surface area (Å²) in [6.45, 7) is 4.17. The standard InChI is InChI=1S/C23H25FN4O/c1-27-10-12-28(13-11-27)18-5-3-17(4-6-18)26-22(29)23(8-9-23)20-15-25-21-14-16(24)2-7-19(20)21/h2-7,14-15,25H,8-13H2,1H3,(H,26,29). The Morgan fingerprint density at radius 2 is 1.79 bits per heavy atom. The molecule has 2 fully saturated rings. The van der Waals surface area contributed by atoms with E-state index in [0.29, 0.717) is 0 Å². The van der Waals surface area contributed by atoms with Crippen LogP contribution in [0.5, 0.6) is 0 Å². The van der Waals surface area contributed by atoms with Gasteiger partial charge in [0, 0.05) is 54.7 Å². The number of hydrogen-bond donors (Lipinski definition) is 2. The SMILES string of the molecule is CN1CCN(c2ccc(NC(=O)C3(c4c[nH]c5cc(F)ccc45)CC3)cc2)CC1. The smallest absolute Gasteiger partial charge is 0.235 e. The van der Waals surface area contributed by atoms with Gasteiger partial charge in [0.05, 0.1) is 5.41 Å². The van der Waals surface area contributed by atoms with E-state index in [9.17, 15) is 9.18 Å². The fraction of sp³-hybridized carbons (Fsp3) is 0.348. The molecule has 1 saturated carbocycles. The van der Waals surface area contributed by atoms with Crippen molar-refractivity contribution in [2.45, 2.75) is 18.3 Å². The van der Waals surface area contributed by atoms with E-state index < -0.39 is 5.41 Å². The maximum atomic E-state index is 13.5. The normalized spacial score (nSPS) is 18.8. The van der Waals surface area contributed by atoms with Gasteiger partial charge in [-0.1, -0.05) is 0 Å². The molecule has 1 saturated heterocycles. The van der Waals surface area contributed by atoms with Gasteiger partial charge in [-0.2, -0.15) is 0 Å². The molecule has 0 atom stereocenters. The van der Waals surface area contributed by atoms with Crippen LogP contribution in [0.1, 0.15) is 18.4 Å². The summed E-state index contributed by atoms with van der Waals surface area (Å²) < 4.78 is 13.5. The van der Waals surface area contributed by atoms with Crippen LogP contribution in [-0.4, -0.2) is 49.0 Å². The van der Waals surface area contributed by atoms with E-state index in [1.54, 1.807) is 6.07 Å². The molecule has 0 unspecified atom stereocenters. The minimum absolute atomic E-state index is 0.00933. The summed E-state index contributed by atoms with van der Waals surface area (Å²) in [4.78, 5) is 20.9. The summed E-state index contributed by atoms with van der Waals surface area (Å²) in [6, 6.07) is 12.8. The first kappa shape index (κ1) is 18.2. The fourth-order valence-electron chi connectivity index (χ4n) is 4.31. The molecule has 29 heavy (non-hydrogen) atoms. The topological polar surface area (TPSA) is 51.4 Å². The second-order valence-corrected chi connectivity index (χ2v) is 8.27. The number of rotatable bonds is 4. The second kappa shape index (κ2) is 6.88. The number of anilines is 2. The highest BCUT2D eigenvalue weighted by molar-refractivity contribution is 6.04. The van der Waals surface area contributed by atoms with Crippen LogP contribution >= 0.6 is 0 Å². The van der Waals surface area contributed by atoms with Crippen LogP contribution in [0.2, 0.25) is 0 Å². The molecule has 6 heteroatoms. The summed E-state index contributed by atoms with van der Waals surface area (Å²) >= 11 is 0. The minimum Gasteiger partial charge on any atom is -0.369 e. The molecule has 2 heterocycles. The van der Waals surface area contributed by atoms with Crippen molar-refractivity contribution in [1.82, 2.24) is 9.88 Å². The number of fused-ring (bicyclic) bond motifs is 1. The first-order valence-electron chi connectivity index (χ1n) is 10.2. The summed E-state index contributed by atoms with van der Waals surface area (Å²) in [5.74, 6) is -0.268. The van der Waals surface area contributed by atoms with Crippen LogP contribution in [0, 0.1) is 5.82 Å². The molecule has 0 radical (unpaired) electrons. The maximum Gasteiger partial charge on any atom is 0.235 e. The summed E-state index contributed by atoms with van der Waals surface area (Å²) in [7, 11) is 2.15. The van der Waals surface area contributed by atoms with Gasteiger partial charge in [-0.05, 0) is 67.9 Å². The van der Waals surface area contributed by atoms with Gasteiger partial charge >= 0.3 is 0 Å². The number of carbonyl (C=O) groups is 1. The molecular weight excluding hydrogens is 367 g/mol. The molecule has 0 bridgehead atoms. The molecule has 1 aromatic heterocycles. The van der Waals surface area contributed by atoms with E-state index in [2.05, 4.69) is 39.3 Å².